The molecule has 0 spiro atoms. The van der Waals surface area contributed by atoms with Gasteiger partial charge < -0.3 is 13.9 Å². The minimum atomic E-state index is -3.13. The average Bonchev–Trinajstić information content (AvgIpc) is 0.811. The van der Waals surface area contributed by atoms with E-state index in [9.17, 15) is 0 Å². The van der Waals surface area contributed by atoms with E-state index in [0.29, 0.717) is 0 Å². The van der Waals surface area contributed by atoms with Crippen LogP contribution in [0.3, 0.4) is 0 Å². The molecule has 0 rings (SSSR count). The first-order valence-electron chi connectivity index (χ1n) is 0.651. The summed E-state index contributed by atoms with van der Waals surface area (Å²) in [6.45, 7) is 0. The van der Waals surface area contributed by atoms with Crippen LogP contribution in [-0.4, -0.2) is 76.1 Å². The van der Waals surface area contributed by atoms with Crippen LogP contribution >= 0.6 is 0 Å². The third-order valence-electron chi connectivity index (χ3n) is 0. The maximum Gasteiger partial charge on any atom is 2.00 e. The van der Waals surface area contributed by atoms with E-state index in [0.717, 1.165) is 0 Å². The van der Waals surface area contributed by atoms with Crippen molar-refractivity contribution in [2.24, 2.45) is 0 Å². The fourth-order valence-corrected chi connectivity index (χ4v) is 0. The summed E-state index contributed by atoms with van der Waals surface area (Å²) in [5, 5.41) is 0. The first-order valence-corrected chi connectivity index (χ1v) is 1.95. The van der Waals surface area contributed by atoms with E-state index in [1.165, 1.54) is 0 Å². The molecule has 0 heterocycles. The van der Waals surface area contributed by atoms with Crippen LogP contribution in [0.5, 0.6) is 0 Å². The van der Waals surface area contributed by atoms with Crippen LogP contribution < -0.4 is 18.9 Å². The zero-order valence-corrected chi connectivity index (χ0v) is 9.53. The summed E-state index contributed by atoms with van der Waals surface area (Å²) in [5.74, 6) is 0. The maximum absolute atomic E-state index is 8.74. The Labute approximate surface area is 102 Å². The molecule has 0 amide bonds. The molecule has 0 fully saturated rings. The molecular weight excluding hydrogens is 231 g/mol. The summed E-state index contributed by atoms with van der Waals surface area (Å²) < 4.78 is 8.74. The third kappa shape index (κ3) is 78.5. The molecule has 2 N–H and O–H groups in total. The van der Waals surface area contributed by atoms with Crippen LogP contribution in [0.15, 0.2) is 0 Å². The third-order valence-corrected chi connectivity index (χ3v) is 0. The van der Waals surface area contributed by atoms with Gasteiger partial charge in [-0.05, 0) is 0 Å². The summed E-state index contributed by atoms with van der Waals surface area (Å²) in [6.07, 6.45) is 0. The van der Waals surface area contributed by atoms with Crippen molar-refractivity contribution in [3.8, 4) is 0 Å². The molecule has 0 bridgehead atoms. The van der Waals surface area contributed by atoms with Gasteiger partial charge in [0, 0.05) is 8.41 Å². The Bertz CT molecular complexity index is 46.7. The Morgan fingerprint density at radius 2 is 1.43 bits per heavy atom. The smallest absolute Gasteiger partial charge is 1.00 e. The van der Waals surface area contributed by atoms with Gasteiger partial charge in [-0.1, -0.05) is 0 Å². The maximum atomic E-state index is 8.74. The van der Waals surface area contributed by atoms with Crippen molar-refractivity contribution < 1.29 is 37.2 Å². The molecule has 0 saturated carbocycles. The van der Waals surface area contributed by atoms with E-state index in [4.69, 9.17) is 14.1 Å². The van der Waals surface area contributed by atoms with E-state index < -0.39 is 9.17 Å². The molecule has 0 aliphatic carbocycles. The van der Waals surface area contributed by atoms with Gasteiger partial charge in [-0.3, -0.25) is 4.46 Å². The standard InChI is InChI=1S/B.Ba.Li.H2O3Si.3H/c;;;1-4(2)3;;;/h;;;1-2H;;;/q;+2;+1;;3*-1. The van der Waals surface area contributed by atoms with Crippen LogP contribution in [-0.2, 0) is 4.46 Å². The van der Waals surface area contributed by atoms with Gasteiger partial charge in [-0.2, -0.15) is 0 Å². The van der Waals surface area contributed by atoms with E-state index in [-0.39, 0.29) is 80.4 Å². The SMILES string of the molecule is O=[Si](O)O.[B].[Ba+2].[H-].[H-].[H-].[Li+]. The van der Waals surface area contributed by atoms with Crippen molar-refractivity contribution >= 4 is 66.5 Å². The van der Waals surface area contributed by atoms with Crippen molar-refractivity contribution in [3.05, 3.63) is 0 Å². The van der Waals surface area contributed by atoms with Crippen LogP contribution in [0, 0.1) is 0 Å². The molecule has 0 aliphatic heterocycles. The summed E-state index contributed by atoms with van der Waals surface area (Å²) in [6, 6.07) is 0. The van der Waals surface area contributed by atoms with Gasteiger partial charge in [-0.25, -0.2) is 0 Å². The molecule has 0 aromatic carbocycles. The Hall–Kier alpha value is 1.85. The first kappa shape index (κ1) is 23.2. The predicted molar refractivity (Wildman–Crippen MR) is 25.7 cm³/mol. The molecule has 7 heteroatoms. The predicted octanol–water partition coefficient (Wildman–Crippen LogP) is -5.03. The van der Waals surface area contributed by atoms with Crippen molar-refractivity contribution in [2.45, 2.75) is 0 Å². The van der Waals surface area contributed by atoms with Gasteiger partial charge in [0.1, 0.15) is 0 Å². The van der Waals surface area contributed by atoms with Crippen LogP contribution in [0.4, 0.5) is 0 Å². The second-order valence-corrected chi connectivity index (χ2v) is 0.848. The normalized spacial score (nSPS) is 3.43. The zero-order chi connectivity index (χ0) is 3.58. The van der Waals surface area contributed by atoms with Gasteiger partial charge in [0.2, 0.25) is 0 Å². The number of hydrogen-bond acceptors (Lipinski definition) is 1. The second-order valence-electron chi connectivity index (χ2n) is 0.283. The van der Waals surface area contributed by atoms with Gasteiger partial charge >= 0.3 is 76.9 Å². The van der Waals surface area contributed by atoms with Gasteiger partial charge in [0.15, 0.2) is 0 Å². The Kier molecular flexibility index (Phi) is 51.9. The van der Waals surface area contributed by atoms with Crippen LogP contribution in [0.2, 0.25) is 0 Å². The van der Waals surface area contributed by atoms with Crippen molar-refractivity contribution in [1.29, 1.82) is 0 Å². The molecular formula is H5BBaLiO3Si. The molecule has 33 valence electrons. The number of hydrogen-bond donors (Lipinski definition) is 2. The molecule has 0 saturated heterocycles. The summed E-state index contributed by atoms with van der Waals surface area (Å²) in [4.78, 5) is 14.3. The summed E-state index contributed by atoms with van der Waals surface area (Å²) >= 11 is 0. The van der Waals surface area contributed by atoms with E-state index >= 15 is 0 Å². The van der Waals surface area contributed by atoms with Crippen molar-refractivity contribution in [1.82, 2.24) is 0 Å². The number of rotatable bonds is 0. The van der Waals surface area contributed by atoms with E-state index in [1.807, 2.05) is 0 Å². The summed E-state index contributed by atoms with van der Waals surface area (Å²) in [5.41, 5.74) is 0. The molecule has 0 unspecified atom stereocenters. The molecule has 0 aromatic rings. The Morgan fingerprint density at radius 1 is 1.43 bits per heavy atom. The first-order chi connectivity index (χ1) is 1.73. The van der Waals surface area contributed by atoms with Gasteiger partial charge in [0.05, 0.1) is 0 Å². The topological polar surface area (TPSA) is 57.5 Å². The minimum absolute atomic E-state index is 0. The molecule has 3 nitrogen and oxygen atoms in total. The minimum Gasteiger partial charge on any atom is -1.00 e. The average molecular weight is 236 g/mol. The monoisotopic (exact) mass is 237 g/mol. The second kappa shape index (κ2) is 15.7. The van der Waals surface area contributed by atoms with Crippen molar-refractivity contribution in [2.75, 3.05) is 0 Å². The zero-order valence-electron chi connectivity index (χ0n) is 7.09. The molecule has 3 radical (unpaired) electrons. The van der Waals surface area contributed by atoms with E-state index in [2.05, 4.69) is 0 Å². The van der Waals surface area contributed by atoms with Crippen LogP contribution in [0.25, 0.3) is 0 Å². The van der Waals surface area contributed by atoms with Gasteiger partial charge in [-0.15, -0.1) is 0 Å². The Morgan fingerprint density at radius 3 is 1.43 bits per heavy atom. The molecule has 0 aromatic heterocycles. The van der Waals surface area contributed by atoms with Crippen LogP contribution in [0.1, 0.15) is 4.28 Å². The fraction of sp³-hybridized carbons (Fsp3) is 0. The summed E-state index contributed by atoms with van der Waals surface area (Å²) in [7, 11) is -3.13. The Balaban J connectivity index is -0.00000000300. The van der Waals surface area contributed by atoms with Gasteiger partial charge in [0.25, 0.3) is 0 Å². The van der Waals surface area contributed by atoms with Crippen molar-refractivity contribution in [3.63, 3.8) is 0 Å². The molecule has 7 heavy (non-hydrogen) atoms. The molecule has 0 atom stereocenters. The van der Waals surface area contributed by atoms with E-state index in [1.54, 1.807) is 0 Å². The molecule has 0 aliphatic rings. The largest absolute Gasteiger partial charge is 2.00 e. The quantitative estimate of drug-likeness (QED) is 0.414. The fourth-order valence-electron chi connectivity index (χ4n) is 0.